The molecule has 0 aliphatic carbocycles. The maximum Gasteiger partial charge on any atom is 0.573 e. The van der Waals surface area contributed by atoms with Crippen molar-refractivity contribution < 1.29 is 27.2 Å². The molecule has 0 radical (unpaired) electrons. The molecule has 96 valence electrons. The topological polar surface area (TPSA) is 89.0 Å². The van der Waals surface area contributed by atoms with Crippen LogP contribution in [0.25, 0.3) is 0 Å². The highest BCUT2D eigenvalue weighted by atomic mass is 19.4. The van der Waals surface area contributed by atoms with Gasteiger partial charge >= 0.3 is 12.0 Å². The lowest BCUT2D eigenvalue weighted by atomic mass is 10.2. The van der Waals surface area contributed by atoms with Gasteiger partial charge in [0.05, 0.1) is 23.5 Å². The predicted octanol–water partition coefficient (Wildman–Crippen LogP) is 2.09. The third-order valence-corrected chi connectivity index (χ3v) is 1.65. The lowest BCUT2D eigenvalue weighted by molar-refractivity contribution is -0.389. The van der Waals surface area contributed by atoms with Crippen LogP contribution < -0.4 is 4.74 Å². The van der Waals surface area contributed by atoms with E-state index in [1.165, 1.54) is 6.07 Å². The Bertz CT molecular complexity index is 524. The van der Waals surface area contributed by atoms with E-state index in [1.807, 2.05) is 0 Å². The fourth-order valence-corrected chi connectivity index (χ4v) is 1.10. The van der Waals surface area contributed by atoms with Crippen LogP contribution in [0.5, 0.6) is 5.75 Å². The van der Waals surface area contributed by atoms with E-state index in [-0.39, 0.29) is 6.07 Å². The molecule has 0 unspecified atom stereocenters. The number of alkyl halides is 3. The molecule has 0 amide bonds. The molecule has 0 saturated carbocycles. The second-order valence-corrected chi connectivity index (χ2v) is 2.88. The summed E-state index contributed by atoms with van der Waals surface area (Å²) in [5, 5.41) is 18.8. The largest absolute Gasteiger partial charge is 0.573 e. The summed E-state index contributed by atoms with van der Waals surface area (Å²) in [5.41, 5.74) is -2.04. The van der Waals surface area contributed by atoms with Crippen LogP contribution in [0.4, 0.5) is 23.2 Å². The third-order valence-electron chi connectivity index (χ3n) is 1.65. The number of nitrogens with zero attached hydrogens (tertiary/aromatic N) is 3. The first-order valence-corrected chi connectivity index (χ1v) is 4.21. The van der Waals surface area contributed by atoms with Crippen molar-refractivity contribution in [3.05, 3.63) is 27.8 Å². The Labute approximate surface area is 96.6 Å². The molecule has 0 aromatic carbocycles. The van der Waals surface area contributed by atoms with Gasteiger partial charge in [-0.25, -0.2) is 4.98 Å². The molecule has 1 aromatic heterocycles. The number of pyridine rings is 1. The van der Waals surface area contributed by atoms with Crippen LogP contribution >= 0.6 is 0 Å². The van der Waals surface area contributed by atoms with E-state index in [1.54, 1.807) is 0 Å². The van der Waals surface area contributed by atoms with E-state index in [9.17, 15) is 27.7 Å². The summed E-state index contributed by atoms with van der Waals surface area (Å²) in [6, 6.07) is 1.59. The highest BCUT2D eigenvalue weighted by Crippen LogP contribution is 2.34. The van der Waals surface area contributed by atoms with Crippen LogP contribution in [-0.2, 0) is 6.42 Å². The van der Waals surface area contributed by atoms with Crippen LogP contribution in [0.1, 0.15) is 5.69 Å². The second-order valence-electron chi connectivity index (χ2n) is 2.88. The van der Waals surface area contributed by atoms with Gasteiger partial charge in [0, 0.05) is 0 Å². The lowest BCUT2D eigenvalue weighted by Crippen LogP contribution is -2.19. The van der Waals surface area contributed by atoms with Gasteiger partial charge in [-0.1, -0.05) is 0 Å². The number of halogens is 4. The van der Waals surface area contributed by atoms with E-state index in [0.717, 1.165) is 0 Å². The van der Waals surface area contributed by atoms with E-state index >= 15 is 0 Å². The van der Waals surface area contributed by atoms with Gasteiger partial charge < -0.3 is 4.74 Å². The maximum atomic E-state index is 12.9. The summed E-state index contributed by atoms with van der Waals surface area (Å²) >= 11 is 0. The van der Waals surface area contributed by atoms with Crippen LogP contribution in [0.15, 0.2) is 6.07 Å². The highest BCUT2D eigenvalue weighted by molar-refractivity contribution is 5.49. The van der Waals surface area contributed by atoms with Crippen molar-refractivity contribution in [3.63, 3.8) is 0 Å². The fraction of sp³-hybridized carbons (Fsp3) is 0.250. The Morgan fingerprint density at radius 2 is 2.17 bits per heavy atom. The second kappa shape index (κ2) is 4.82. The SMILES string of the molecule is N#CCc1nc(F)cc([N+](=O)[O-])c1OC(F)(F)F. The predicted molar refractivity (Wildman–Crippen MR) is 46.8 cm³/mol. The molecule has 0 aliphatic rings. The summed E-state index contributed by atoms with van der Waals surface area (Å²) in [6.45, 7) is 0. The minimum Gasteiger partial charge on any atom is -0.396 e. The molecule has 0 aliphatic heterocycles. The number of rotatable bonds is 3. The number of nitriles is 1. The summed E-state index contributed by atoms with van der Waals surface area (Å²) in [7, 11) is 0. The van der Waals surface area contributed by atoms with Gasteiger partial charge in [-0.3, -0.25) is 10.1 Å². The Hall–Kier alpha value is -2.44. The molecule has 6 nitrogen and oxygen atoms in total. The van der Waals surface area contributed by atoms with Crippen LogP contribution in [0, 0.1) is 27.4 Å². The zero-order valence-electron chi connectivity index (χ0n) is 8.36. The van der Waals surface area contributed by atoms with E-state index in [0.29, 0.717) is 0 Å². The van der Waals surface area contributed by atoms with Crippen molar-refractivity contribution in [2.75, 3.05) is 0 Å². The molecular formula is C8H3F4N3O3. The minimum absolute atomic E-state index is 0.182. The van der Waals surface area contributed by atoms with Crippen molar-refractivity contribution in [1.82, 2.24) is 4.98 Å². The lowest BCUT2D eigenvalue weighted by Gasteiger charge is -2.11. The van der Waals surface area contributed by atoms with E-state index in [4.69, 9.17) is 5.26 Å². The van der Waals surface area contributed by atoms with E-state index in [2.05, 4.69) is 9.72 Å². The molecule has 0 bridgehead atoms. The van der Waals surface area contributed by atoms with Crippen molar-refractivity contribution in [3.8, 4) is 11.8 Å². The van der Waals surface area contributed by atoms with Gasteiger partial charge in [0.1, 0.15) is 5.69 Å². The van der Waals surface area contributed by atoms with Crippen molar-refractivity contribution >= 4 is 5.69 Å². The van der Waals surface area contributed by atoms with E-state index < -0.39 is 40.8 Å². The molecule has 1 rings (SSSR count). The average Bonchev–Trinajstić information content (AvgIpc) is 2.19. The fourth-order valence-electron chi connectivity index (χ4n) is 1.10. The molecule has 18 heavy (non-hydrogen) atoms. The Morgan fingerprint density at radius 1 is 1.56 bits per heavy atom. The molecule has 1 heterocycles. The summed E-state index contributed by atoms with van der Waals surface area (Å²) < 4.78 is 52.4. The van der Waals surface area contributed by atoms with Crippen molar-refractivity contribution in [2.45, 2.75) is 12.8 Å². The smallest absolute Gasteiger partial charge is 0.396 e. The van der Waals surface area contributed by atoms with Gasteiger partial charge in [0.15, 0.2) is 0 Å². The van der Waals surface area contributed by atoms with Crippen LogP contribution in [-0.4, -0.2) is 16.3 Å². The summed E-state index contributed by atoms with van der Waals surface area (Å²) in [4.78, 5) is 12.2. The number of hydrogen-bond donors (Lipinski definition) is 0. The monoisotopic (exact) mass is 265 g/mol. The molecule has 0 atom stereocenters. The van der Waals surface area contributed by atoms with Gasteiger partial charge in [0.2, 0.25) is 11.7 Å². The van der Waals surface area contributed by atoms with Crippen LogP contribution in [0.2, 0.25) is 0 Å². The normalized spacial score (nSPS) is 10.8. The van der Waals surface area contributed by atoms with Crippen molar-refractivity contribution in [2.24, 2.45) is 0 Å². The minimum atomic E-state index is -5.21. The zero-order chi connectivity index (χ0) is 13.9. The first-order valence-electron chi connectivity index (χ1n) is 4.21. The Balaban J connectivity index is 3.41. The molecule has 0 spiro atoms. The Kier molecular flexibility index (Phi) is 3.65. The third kappa shape index (κ3) is 3.27. The number of nitro groups is 1. The average molecular weight is 265 g/mol. The first kappa shape index (κ1) is 13.6. The van der Waals surface area contributed by atoms with Crippen LogP contribution in [0.3, 0.4) is 0 Å². The molecule has 1 aromatic rings. The molecular weight excluding hydrogens is 262 g/mol. The molecule has 10 heteroatoms. The number of aromatic nitrogens is 1. The maximum absolute atomic E-state index is 12.9. The number of ether oxygens (including phenoxy) is 1. The molecule has 0 N–H and O–H groups in total. The highest BCUT2D eigenvalue weighted by Gasteiger charge is 2.36. The van der Waals surface area contributed by atoms with Gasteiger partial charge in [-0.05, 0) is 0 Å². The van der Waals surface area contributed by atoms with Gasteiger partial charge in [-0.15, -0.1) is 13.2 Å². The molecule has 0 fully saturated rings. The summed E-state index contributed by atoms with van der Waals surface area (Å²) in [5.74, 6) is -2.66. The quantitative estimate of drug-likeness (QED) is 0.361. The molecule has 0 saturated heterocycles. The van der Waals surface area contributed by atoms with Gasteiger partial charge in [-0.2, -0.15) is 9.65 Å². The van der Waals surface area contributed by atoms with Gasteiger partial charge in [0.25, 0.3) is 0 Å². The first-order chi connectivity index (χ1) is 8.24. The number of hydrogen-bond acceptors (Lipinski definition) is 5. The Morgan fingerprint density at radius 3 is 2.61 bits per heavy atom. The standard InChI is InChI=1S/C8H3F4N3O3/c9-6-3-5(15(16)17)7(18-8(10,11)12)4(14-6)1-2-13/h3H,1H2. The summed E-state index contributed by atoms with van der Waals surface area (Å²) in [6.07, 6.45) is -5.97. The zero-order valence-corrected chi connectivity index (χ0v) is 8.36. The van der Waals surface area contributed by atoms with Crippen molar-refractivity contribution in [1.29, 1.82) is 5.26 Å².